The zero-order valence-electron chi connectivity index (χ0n) is 14.1. The minimum absolute atomic E-state index is 0.118. The zero-order valence-corrected chi connectivity index (χ0v) is 15.7. The minimum atomic E-state index is -3.93. The molecule has 0 amide bonds. The number of carbonyl (C=O) groups excluding carboxylic acids is 1. The Labute approximate surface area is 156 Å². The van der Waals surface area contributed by atoms with Crippen molar-refractivity contribution in [3.05, 3.63) is 58.9 Å². The molecule has 0 aliphatic rings. The summed E-state index contributed by atoms with van der Waals surface area (Å²) in [6, 6.07) is 9.18. The number of rotatable bonds is 7. The lowest BCUT2D eigenvalue weighted by Gasteiger charge is -2.17. The van der Waals surface area contributed by atoms with Crippen molar-refractivity contribution < 1.29 is 27.1 Å². The highest BCUT2D eigenvalue weighted by molar-refractivity contribution is 7.89. The first-order valence-electron chi connectivity index (χ1n) is 7.44. The van der Waals surface area contributed by atoms with E-state index in [4.69, 9.17) is 21.1 Å². The molecule has 0 bridgehead atoms. The van der Waals surface area contributed by atoms with E-state index >= 15 is 0 Å². The van der Waals surface area contributed by atoms with E-state index in [2.05, 4.69) is 0 Å². The fourth-order valence-corrected chi connectivity index (χ4v) is 3.43. The van der Waals surface area contributed by atoms with Crippen LogP contribution in [0.4, 0.5) is 4.39 Å². The smallest absolute Gasteiger partial charge is 0.321 e. The van der Waals surface area contributed by atoms with Gasteiger partial charge >= 0.3 is 5.97 Å². The van der Waals surface area contributed by atoms with Crippen LogP contribution >= 0.6 is 11.6 Å². The van der Waals surface area contributed by atoms with Crippen molar-refractivity contribution in [2.24, 2.45) is 0 Å². The predicted octanol–water partition coefficient (Wildman–Crippen LogP) is 2.85. The highest BCUT2D eigenvalue weighted by Crippen LogP contribution is 2.23. The lowest BCUT2D eigenvalue weighted by atomic mass is 10.2. The summed E-state index contributed by atoms with van der Waals surface area (Å²) >= 11 is 5.90. The quantitative estimate of drug-likeness (QED) is 0.667. The lowest BCUT2D eigenvalue weighted by Crippen LogP contribution is -2.33. The predicted molar refractivity (Wildman–Crippen MR) is 94.0 cm³/mol. The number of ether oxygens (including phenoxy) is 2. The number of sulfonamides is 1. The van der Waals surface area contributed by atoms with Gasteiger partial charge in [-0.2, -0.15) is 4.31 Å². The Bertz CT molecular complexity index is 887. The van der Waals surface area contributed by atoms with Gasteiger partial charge in [0.2, 0.25) is 10.0 Å². The zero-order chi connectivity index (χ0) is 19.3. The Balaban J connectivity index is 2.01. The van der Waals surface area contributed by atoms with E-state index < -0.39 is 28.4 Å². The van der Waals surface area contributed by atoms with Gasteiger partial charge in [0.15, 0.2) is 0 Å². The molecule has 6 nitrogen and oxygen atoms in total. The number of methoxy groups -OCH3 is 1. The molecule has 0 fully saturated rings. The number of nitrogens with zero attached hydrogens (tertiary/aromatic N) is 1. The molecular formula is C17H17ClFNO5S. The average molecular weight is 402 g/mol. The van der Waals surface area contributed by atoms with Crippen LogP contribution in [-0.2, 0) is 26.2 Å². The molecular weight excluding hydrogens is 385 g/mol. The molecule has 0 saturated heterocycles. The monoisotopic (exact) mass is 401 g/mol. The van der Waals surface area contributed by atoms with Crippen molar-refractivity contribution in [3.63, 3.8) is 0 Å². The molecule has 2 aromatic carbocycles. The van der Waals surface area contributed by atoms with Gasteiger partial charge in [-0.05, 0) is 42.5 Å². The number of carbonyl (C=O) groups is 1. The molecule has 2 rings (SSSR count). The number of hydrogen-bond acceptors (Lipinski definition) is 5. The molecule has 26 heavy (non-hydrogen) atoms. The van der Waals surface area contributed by atoms with Crippen molar-refractivity contribution >= 4 is 27.6 Å². The van der Waals surface area contributed by atoms with Gasteiger partial charge in [0, 0.05) is 17.6 Å². The van der Waals surface area contributed by atoms with Crippen LogP contribution in [0.25, 0.3) is 0 Å². The van der Waals surface area contributed by atoms with Crippen LogP contribution in [0.1, 0.15) is 5.56 Å². The molecule has 9 heteroatoms. The summed E-state index contributed by atoms with van der Waals surface area (Å²) in [6.45, 7) is -0.615. The molecule has 0 radical (unpaired) electrons. The van der Waals surface area contributed by atoms with Crippen molar-refractivity contribution in [1.82, 2.24) is 4.31 Å². The SMILES string of the molecule is COc1ccc(Cl)cc1COC(=O)CN(C)S(=O)(=O)c1ccc(F)cc1. The van der Waals surface area contributed by atoms with E-state index in [9.17, 15) is 17.6 Å². The van der Waals surface area contributed by atoms with E-state index in [0.717, 1.165) is 28.6 Å². The number of halogens is 2. The van der Waals surface area contributed by atoms with E-state index in [-0.39, 0.29) is 11.5 Å². The highest BCUT2D eigenvalue weighted by atomic mass is 35.5. The molecule has 0 saturated carbocycles. The Morgan fingerprint density at radius 1 is 1.19 bits per heavy atom. The van der Waals surface area contributed by atoms with Crippen LogP contribution < -0.4 is 4.74 Å². The lowest BCUT2D eigenvalue weighted by molar-refractivity contribution is -0.144. The third-order valence-electron chi connectivity index (χ3n) is 3.50. The Hall–Kier alpha value is -2.16. The van der Waals surface area contributed by atoms with E-state index in [1.54, 1.807) is 18.2 Å². The molecule has 0 spiro atoms. The second-order valence-corrected chi connectivity index (χ2v) is 7.81. The van der Waals surface area contributed by atoms with Gasteiger partial charge in [-0.1, -0.05) is 11.6 Å². The maximum atomic E-state index is 12.9. The minimum Gasteiger partial charge on any atom is -0.496 e. The van der Waals surface area contributed by atoms with Gasteiger partial charge in [-0.3, -0.25) is 4.79 Å². The fourth-order valence-electron chi connectivity index (χ4n) is 2.12. The van der Waals surface area contributed by atoms with Crippen LogP contribution in [0.5, 0.6) is 5.75 Å². The Morgan fingerprint density at radius 2 is 1.85 bits per heavy atom. The number of benzene rings is 2. The largest absolute Gasteiger partial charge is 0.496 e. The first-order valence-corrected chi connectivity index (χ1v) is 9.26. The maximum Gasteiger partial charge on any atom is 0.321 e. The second kappa shape index (κ2) is 8.48. The van der Waals surface area contributed by atoms with Gasteiger partial charge in [0.1, 0.15) is 24.7 Å². The van der Waals surface area contributed by atoms with Gasteiger partial charge in [-0.25, -0.2) is 12.8 Å². The first kappa shape index (κ1) is 20.2. The summed E-state index contributed by atoms with van der Waals surface area (Å²) in [5, 5.41) is 0.452. The second-order valence-electron chi connectivity index (χ2n) is 5.33. The summed E-state index contributed by atoms with van der Waals surface area (Å²) in [4.78, 5) is 11.9. The molecule has 0 N–H and O–H groups in total. The summed E-state index contributed by atoms with van der Waals surface area (Å²) in [5.74, 6) is -0.809. The third-order valence-corrected chi connectivity index (χ3v) is 5.56. The van der Waals surface area contributed by atoms with Crippen LogP contribution in [0.3, 0.4) is 0 Å². The van der Waals surface area contributed by atoms with Gasteiger partial charge < -0.3 is 9.47 Å². The molecule has 2 aromatic rings. The summed E-state index contributed by atoms with van der Waals surface area (Å²) in [5.41, 5.74) is 0.553. The third kappa shape index (κ3) is 4.94. The van der Waals surface area contributed by atoms with E-state index in [0.29, 0.717) is 16.3 Å². The Kier molecular flexibility index (Phi) is 6.57. The van der Waals surface area contributed by atoms with Crippen LogP contribution in [0.15, 0.2) is 47.4 Å². The van der Waals surface area contributed by atoms with Crippen molar-refractivity contribution in [3.8, 4) is 5.75 Å². The van der Waals surface area contributed by atoms with Crippen molar-refractivity contribution in [2.45, 2.75) is 11.5 Å². The van der Waals surface area contributed by atoms with Crippen LogP contribution in [0, 0.1) is 5.82 Å². The first-order chi connectivity index (χ1) is 12.2. The van der Waals surface area contributed by atoms with Gasteiger partial charge in [0.05, 0.1) is 12.0 Å². The van der Waals surface area contributed by atoms with Crippen LogP contribution in [-0.4, -0.2) is 39.4 Å². The van der Waals surface area contributed by atoms with E-state index in [1.165, 1.54) is 14.2 Å². The summed E-state index contributed by atoms with van der Waals surface area (Å²) in [7, 11) is -1.23. The maximum absolute atomic E-state index is 12.9. The van der Waals surface area contributed by atoms with Gasteiger partial charge in [-0.15, -0.1) is 0 Å². The topological polar surface area (TPSA) is 72.9 Å². The number of likely N-dealkylation sites (N-methyl/N-ethyl adjacent to an activating group) is 1. The number of esters is 1. The highest BCUT2D eigenvalue weighted by Gasteiger charge is 2.23. The Morgan fingerprint density at radius 3 is 2.46 bits per heavy atom. The standard InChI is InChI=1S/C17H17ClFNO5S/c1-20(26(22,23)15-6-4-14(19)5-7-15)10-17(21)25-11-12-9-13(18)3-8-16(12)24-2/h3-9H,10-11H2,1-2H3. The van der Waals surface area contributed by atoms with Crippen molar-refractivity contribution in [1.29, 1.82) is 0 Å². The molecule has 0 aliphatic heterocycles. The molecule has 140 valence electrons. The molecule has 0 aliphatic carbocycles. The molecule has 0 atom stereocenters. The fraction of sp³-hybridized carbons (Fsp3) is 0.235. The van der Waals surface area contributed by atoms with Crippen molar-refractivity contribution in [2.75, 3.05) is 20.7 Å². The van der Waals surface area contributed by atoms with Crippen LogP contribution in [0.2, 0.25) is 5.02 Å². The summed E-state index contributed by atoms with van der Waals surface area (Å²) < 4.78 is 48.7. The molecule has 0 aromatic heterocycles. The van der Waals surface area contributed by atoms with Gasteiger partial charge in [0.25, 0.3) is 0 Å². The molecule has 0 heterocycles. The summed E-state index contributed by atoms with van der Waals surface area (Å²) in [6.07, 6.45) is 0. The average Bonchev–Trinajstić information content (AvgIpc) is 2.60. The normalized spacial score (nSPS) is 11.4. The van der Waals surface area contributed by atoms with E-state index in [1.807, 2.05) is 0 Å². The number of hydrogen-bond donors (Lipinski definition) is 0. The molecule has 0 unspecified atom stereocenters.